The summed E-state index contributed by atoms with van der Waals surface area (Å²) in [6.45, 7) is 4.60. The third-order valence-electron chi connectivity index (χ3n) is 3.85. The van der Waals surface area contributed by atoms with Gasteiger partial charge in [0.2, 0.25) is 5.88 Å². The minimum atomic E-state index is -0.151. The molecule has 0 aliphatic carbocycles. The van der Waals surface area contributed by atoms with Crippen LogP contribution in [-0.4, -0.2) is 29.0 Å². The molecule has 1 N–H and O–H groups in total. The van der Waals surface area contributed by atoms with Crippen LogP contribution in [-0.2, 0) is 11.2 Å². The summed E-state index contributed by atoms with van der Waals surface area (Å²) in [6.07, 6.45) is 2.27. The molecule has 24 heavy (non-hydrogen) atoms. The predicted molar refractivity (Wildman–Crippen MR) is 95.5 cm³/mol. The number of aryl methyl sites for hydroxylation is 2. The zero-order chi connectivity index (χ0) is 16.9. The van der Waals surface area contributed by atoms with E-state index in [1.165, 1.54) is 16.8 Å². The Morgan fingerprint density at radius 2 is 2.00 bits per heavy atom. The van der Waals surface area contributed by atoms with E-state index in [0.717, 1.165) is 22.2 Å². The van der Waals surface area contributed by atoms with Gasteiger partial charge in [0.1, 0.15) is 11.2 Å². The summed E-state index contributed by atoms with van der Waals surface area (Å²) >= 11 is 1.61. The van der Waals surface area contributed by atoms with Gasteiger partial charge in [0.05, 0.1) is 5.39 Å². The van der Waals surface area contributed by atoms with Crippen molar-refractivity contribution in [3.05, 3.63) is 52.7 Å². The van der Waals surface area contributed by atoms with Gasteiger partial charge in [-0.1, -0.05) is 30.3 Å². The first-order chi connectivity index (χ1) is 11.6. The molecule has 0 fully saturated rings. The summed E-state index contributed by atoms with van der Waals surface area (Å²) in [6, 6.07) is 10.0. The molecule has 0 saturated carbocycles. The average molecular weight is 341 g/mol. The number of thiophene rings is 1. The number of ether oxygens (including phenoxy) is 1. The molecule has 6 heteroatoms. The highest BCUT2D eigenvalue weighted by Crippen LogP contribution is 2.33. The number of rotatable bonds is 6. The predicted octanol–water partition coefficient (Wildman–Crippen LogP) is 3.05. The smallest absolute Gasteiger partial charge is 0.258 e. The zero-order valence-electron chi connectivity index (χ0n) is 13.7. The molecule has 5 nitrogen and oxygen atoms in total. The monoisotopic (exact) mass is 341 g/mol. The molecule has 3 aromatic rings. The average Bonchev–Trinajstić information content (AvgIpc) is 2.89. The van der Waals surface area contributed by atoms with Crippen molar-refractivity contribution in [2.75, 3.05) is 13.2 Å². The van der Waals surface area contributed by atoms with Crippen LogP contribution in [0.3, 0.4) is 0 Å². The van der Waals surface area contributed by atoms with Crippen molar-refractivity contribution in [3.8, 4) is 5.88 Å². The number of nitrogens with one attached hydrogen (secondary N) is 1. The van der Waals surface area contributed by atoms with E-state index >= 15 is 0 Å². The summed E-state index contributed by atoms with van der Waals surface area (Å²) in [5, 5.41) is 3.76. The molecule has 0 atom stereocenters. The normalized spacial score (nSPS) is 10.8. The Kier molecular flexibility index (Phi) is 5.05. The van der Waals surface area contributed by atoms with Crippen LogP contribution in [0, 0.1) is 13.8 Å². The molecule has 1 aromatic carbocycles. The number of carbonyl (C=O) groups excluding carboxylic acids is 1. The lowest BCUT2D eigenvalue weighted by molar-refractivity contribution is -0.123. The van der Waals surface area contributed by atoms with Gasteiger partial charge in [-0.2, -0.15) is 0 Å². The van der Waals surface area contributed by atoms with Gasteiger partial charge >= 0.3 is 0 Å². The second-order valence-corrected chi connectivity index (χ2v) is 6.72. The summed E-state index contributed by atoms with van der Waals surface area (Å²) in [5.74, 6) is 0.322. The summed E-state index contributed by atoms with van der Waals surface area (Å²) in [5.41, 5.74) is 2.30. The Morgan fingerprint density at radius 3 is 2.79 bits per heavy atom. The van der Waals surface area contributed by atoms with E-state index in [9.17, 15) is 4.79 Å². The summed E-state index contributed by atoms with van der Waals surface area (Å²) < 4.78 is 5.62. The summed E-state index contributed by atoms with van der Waals surface area (Å²) in [7, 11) is 0. The molecule has 0 unspecified atom stereocenters. The van der Waals surface area contributed by atoms with Crippen LogP contribution in [0.1, 0.15) is 16.0 Å². The molecule has 0 spiro atoms. The highest BCUT2D eigenvalue weighted by molar-refractivity contribution is 7.18. The highest BCUT2D eigenvalue weighted by atomic mass is 32.1. The van der Waals surface area contributed by atoms with Gasteiger partial charge in [0.25, 0.3) is 5.91 Å². The Hall–Kier alpha value is -2.47. The van der Waals surface area contributed by atoms with E-state index in [2.05, 4.69) is 15.3 Å². The number of nitrogens with zero attached hydrogens (tertiary/aromatic N) is 2. The van der Waals surface area contributed by atoms with Crippen molar-refractivity contribution >= 4 is 27.5 Å². The third-order valence-corrected chi connectivity index (χ3v) is 4.96. The minimum Gasteiger partial charge on any atom is -0.467 e. The summed E-state index contributed by atoms with van der Waals surface area (Å²) in [4.78, 5) is 22.5. The number of fused-ring (bicyclic) bond motifs is 1. The van der Waals surface area contributed by atoms with Crippen LogP contribution in [0.15, 0.2) is 36.7 Å². The Balaban J connectivity index is 1.55. The fraction of sp³-hybridized carbons (Fsp3) is 0.278. The van der Waals surface area contributed by atoms with Crippen molar-refractivity contribution in [1.29, 1.82) is 0 Å². The van der Waals surface area contributed by atoms with E-state index in [1.54, 1.807) is 11.3 Å². The molecule has 0 aliphatic rings. The van der Waals surface area contributed by atoms with Crippen molar-refractivity contribution in [2.24, 2.45) is 0 Å². The Labute approximate surface area is 144 Å². The maximum absolute atomic E-state index is 12.0. The molecule has 0 radical (unpaired) electrons. The van der Waals surface area contributed by atoms with Crippen LogP contribution >= 0.6 is 11.3 Å². The van der Waals surface area contributed by atoms with Crippen LogP contribution in [0.5, 0.6) is 5.88 Å². The fourth-order valence-electron chi connectivity index (χ4n) is 2.44. The van der Waals surface area contributed by atoms with Gasteiger partial charge in [0, 0.05) is 11.4 Å². The Morgan fingerprint density at radius 1 is 1.21 bits per heavy atom. The number of amides is 1. The molecule has 1 amide bonds. The molecule has 2 heterocycles. The van der Waals surface area contributed by atoms with Crippen LogP contribution in [0.2, 0.25) is 0 Å². The van der Waals surface area contributed by atoms with Crippen molar-refractivity contribution < 1.29 is 9.53 Å². The zero-order valence-corrected chi connectivity index (χ0v) is 14.5. The van der Waals surface area contributed by atoms with Gasteiger partial charge < -0.3 is 10.1 Å². The second-order valence-electron chi connectivity index (χ2n) is 5.52. The minimum absolute atomic E-state index is 0.0464. The van der Waals surface area contributed by atoms with Crippen LogP contribution in [0.25, 0.3) is 10.2 Å². The van der Waals surface area contributed by atoms with E-state index in [4.69, 9.17) is 4.74 Å². The molecule has 3 rings (SSSR count). The lowest BCUT2D eigenvalue weighted by Crippen LogP contribution is -2.30. The second kappa shape index (κ2) is 7.40. The van der Waals surface area contributed by atoms with E-state index in [-0.39, 0.29) is 12.5 Å². The van der Waals surface area contributed by atoms with Gasteiger partial charge in [-0.25, -0.2) is 9.97 Å². The third kappa shape index (κ3) is 3.71. The molecular weight excluding hydrogens is 322 g/mol. The van der Waals surface area contributed by atoms with Crippen molar-refractivity contribution in [1.82, 2.24) is 15.3 Å². The van der Waals surface area contributed by atoms with Gasteiger partial charge in [-0.05, 0) is 31.4 Å². The van der Waals surface area contributed by atoms with Gasteiger partial charge in [0.15, 0.2) is 6.61 Å². The van der Waals surface area contributed by atoms with E-state index in [1.807, 2.05) is 44.2 Å². The molecule has 2 aromatic heterocycles. The fourth-order valence-corrected chi connectivity index (χ4v) is 3.42. The standard InChI is InChI=1S/C18H19N3O2S/c1-12-13(2)24-18-16(12)17(20-11-21-18)23-10-15(22)19-9-8-14-6-4-3-5-7-14/h3-7,11H,8-10H2,1-2H3,(H,19,22). The SMILES string of the molecule is Cc1sc2ncnc(OCC(=O)NCCc3ccccc3)c2c1C. The first-order valence-electron chi connectivity index (χ1n) is 7.79. The maximum atomic E-state index is 12.0. The topological polar surface area (TPSA) is 64.1 Å². The highest BCUT2D eigenvalue weighted by Gasteiger charge is 2.14. The lowest BCUT2D eigenvalue weighted by Gasteiger charge is -2.08. The molecule has 0 saturated heterocycles. The maximum Gasteiger partial charge on any atom is 0.258 e. The number of hydrogen-bond acceptors (Lipinski definition) is 5. The molecule has 124 valence electrons. The molecule has 0 bridgehead atoms. The van der Waals surface area contributed by atoms with E-state index < -0.39 is 0 Å². The van der Waals surface area contributed by atoms with Gasteiger partial charge in [-0.15, -0.1) is 11.3 Å². The number of carbonyl (C=O) groups is 1. The molecule has 0 aliphatic heterocycles. The van der Waals surface area contributed by atoms with Gasteiger partial charge in [-0.3, -0.25) is 4.79 Å². The number of aromatic nitrogens is 2. The quantitative estimate of drug-likeness (QED) is 0.748. The van der Waals surface area contributed by atoms with Crippen molar-refractivity contribution in [2.45, 2.75) is 20.3 Å². The first kappa shape index (κ1) is 16.4. The molecular formula is C18H19N3O2S. The largest absolute Gasteiger partial charge is 0.467 e. The Bertz CT molecular complexity index is 846. The number of benzene rings is 1. The van der Waals surface area contributed by atoms with Crippen LogP contribution < -0.4 is 10.1 Å². The van der Waals surface area contributed by atoms with E-state index in [0.29, 0.717) is 12.4 Å². The first-order valence-corrected chi connectivity index (χ1v) is 8.61. The number of hydrogen-bond donors (Lipinski definition) is 1. The van der Waals surface area contributed by atoms with Crippen molar-refractivity contribution in [3.63, 3.8) is 0 Å². The lowest BCUT2D eigenvalue weighted by atomic mass is 10.1. The van der Waals surface area contributed by atoms with Crippen LogP contribution in [0.4, 0.5) is 0 Å².